The monoisotopic (exact) mass is 317 g/mol. The Kier molecular flexibility index (Phi) is 5.10. The molecule has 0 spiro atoms. The Bertz CT molecular complexity index is 576. The normalized spacial score (nSPS) is 24.3. The molecule has 6 heteroatoms. The fourth-order valence-electron chi connectivity index (χ4n) is 3.17. The average molecular weight is 317 g/mol. The van der Waals surface area contributed by atoms with Gasteiger partial charge in [0.15, 0.2) is 0 Å². The van der Waals surface area contributed by atoms with Gasteiger partial charge in [0.25, 0.3) is 0 Å². The highest BCUT2D eigenvalue weighted by Gasteiger charge is 2.29. The van der Waals surface area contributed by atoms with Crippen molar-refractivity contribution in [2.75, 3.05) is 20.2 Å². The van der Waals surface area contributed by atoms with Crippen molar-refractivity contribution in [2.24, 2.45) is 5.92 Å². The summed E-state index contributed by atoms with van der Waals surface area (Å²) in [6, 6.07) is 0. The predicted octanol–water partition coefficient (Wildman–Crippen LogP) is 2.21. The van der Waals surface area contributed by atoms with Crippen LogP contribution in [0.2, 0.25) is 0 Å². The van der Waals surface area contributed by atoms with Crippen LogP contribution in [0.25, 0.3) is 0 Å². The first-order valence-electron chi connectivity index (χ1n) is 8.22. The van der Waals surface area contributed by atoms with Crippen LogP contribution >= 0.6 is 0 Å². The highest BCUT2D eigenvalue weighted by molar-refractivity contribution is 5.79. The van der Waals surface area contributed by atoms with Crippen molar-refractivity contribution < 1.29 is 14.3 Å². The second-order valence-electron chi connectivity index (χ2n) is 6.05. The van der Waals surface area contributed by atoms with Gasteiger partial charge in [0.2, 0.25) is 17.7 Å². The number of methoxy groups -OCH3 is 1. The minimum Gasteiger partial charge on any atom is -0.480 e. The number of carbonyl (C=O) groups is 1. The Morgan fingerprint density at radius 1 is 1.26 bits per heavy atom. The van der Waals surface area contributed by atoms with Gasteiger partial charge in [0, 0.05) is 12.5 Å². The molecule has 0 bridgehead atoms. The average Bonchev–Trinajstić information content (AvgIpc) is 2.62. The zero-order valence-corrected chi connectivity index (χ0v) is 13.5. The quantitative estimate of drug-likeness (QED) is 0.797. The third-order valence-electron chi connectivity index (χ3n) is 4.40. The maximum atomic E-state index is 12.6. The first-order chi connectivity index (χ1) is 11.3. The molecule has 0 aromatic carbocycles. The summed E-state index contributed by atoms with van der Waals surface area (Å²) in [5, 5.41) is 0. The van der Waals surface area contributed by atoms with Crippen LogP contribution in [0, 0.1) is 5.92 Å². The molecular formula is C17H23N3O3. The molecule has 2 atom stereocenters. The molecule has 0 N–H and O–H groups in total. The van der Waals surface area contributed by atoms with Crippen LogP contribution in [0.5, 0.6) is 11.8 Å². The van der Waals surface area contributed by atoms with E-state index in [1.165, 1.54) is 0 Å². The third kappa shape index (κ3) is 4.00. The molecular weight excluding hydrogens is 294 g/mol. The number of allylic oxidation sites excluding steroid dienone is 2. The second kappa shape index (κ2) is 7.44. The fraction of sp³-hybridized carbons (Fsp3) is 0.588. The van der Waals surface area contributed by atoms with E-state index in [0.29, 0.717) is 18.3 Å². The van der Waals surface area contributed by atoms with E-state index in [0.717, 1.165) is 38.6 Å². The Balaban J connectivity index is 1.59. The summed E-state index contributed by atoms with van der Waals surface area (Å²) in [6.45, 7) is 1.45. The molecule has 2 heterocycles. The van der Waals surface area contributed by atoms with Crippen LogP contribution in [-0.2, 0) is 4.79 Å². The standard InChI is InChI=1S/C17H23N3O3/c1-22-15-10-18-11-16(19-15)23-14-8-5-9-20(12-14)17(21)13-6-3-2-4-7-13/h2-3,10-11,13-14H,4-9,12H2,1H3/t13-,14+/m1/s1. The van der Waals surface area contributed by atoms with Crippen molar-refractivity contribution in [1.82, 2.24) is 14.9 Å². The van der Waals surface area contributed by atoms with Gasteiger partial charge >= 0.3 is 0 Å². The third-order valence-corrected chi connectivity index (χ3v) is 4.40. The summed E-state index contributed by atoms with van der Waals surface area (Å²) in [4.78, 5) is 22.9. The molecule has 0 saturated carbocycles. The molecule has 1 aliphatic carbocycles. The van der Waals surface area contributed by atoms with Gasteiger partial charge in [-0.05, 0) is 32.1 Å². The minimum atomic E-state index is -0.0340. The van der Waals surface area contributed by atoms with Gasteiger partial charge in [-0.25, -0.2) is 0 Å². The number of piperidine rings is 1. The summed E-state index contributed by atoms with van der Waals surface area (Å²) in [7, 11) is 1.55. The summed E-state index contributed by atoms with van der Waals surface area (Å²) in [5.74, 6) is 1.28. The Labute approximate surface area is 136 Å². The largest absolute Gasteiger partial charge is 0.480 e. The Morgan fingerprint density at radius 2 is 2.13 bits per heavy atom. The van der Waals surface area contributed by atoms with Gasteiger partial charge in [-0.15, -0.1) is 0 Å². The number of aromatic nitrogens is 2. The molecule has 1 saturated heterocycles. The van der Waals surface area contributed by atoms with E-state index in [1.54, 1.807) is 19.5 Å². The van der Waals surface area contributed by atoms with E-state index < -0.39 is 0 Å². The molecule has 1 aliphatic heterocycles. The number of nitrogens with zero attached hydrogens (tertiary/aromatic N) is 3. The predicted molar refractivity (Wildman–Crippen MR) is 85.3 cm³/mol. The molecule has 2 aliphatic rings. The van der Waals surface area contributed by atoms with Gasteiger partial charge in [-0.3, -0.25) is 9.78 Å². The lowest BCUT2D eigenvalue weighted by atomic mass is 9.92. The summed E-state index contributed by atoms with van der Waals surface area (Å²) < 4.78 is 11.0. The number of likely N-dealkylation sites (tertiary alicyclic amines) is 1. The van der Waals surface area contributed by atoms with Crippen molar-refractivity contribution in [3.05, 3.63) is 24.5 Å². The van der Waals surface area contributed by atoms with Crippen molar-refractivity contribution in [3.63, 3.8) is 0 Å². The highest BCUT2D eigenvalue weighted by atomic mass is 16.5. The van der Waals surface area contributed by atoms with E-state index >= 15 is 0 Å². The number of hydrogen-bond acceptors (Lipinski definition) is 5. The van der Waals surface area contributed by atoms with Crippen LogP contribution in [0.3, 0.4) is 0 Å². The highest BCUT2D eigenvalue weighted by Crippen LogP contribution is 2.24. The first kappa shape index (κ1) is 15.8. The first-order valence-corrected chi connectivity index (χ1v) is 8.22. The molecule has 0 unspecified atom stereocenters. The fourth-order valence-corrected chi connectivity index (χ4v) is 3.17. The van der Waals surface area contributed by atoms with Crippen molar-refractivity contribution in [1.29, 1.82) is 0 Å². The molecule has 3 rings (SSSR count). The van der Waals surface area contributed by atoms with Crippen molar-refractivity contribution in [2.45, 2.75) is 38.2 Å². The maximum absolute atomic E-state index is 12.6. The van der Waals surface area contributed by atoms with Crippen LogP contribution < -0.4 is 9.47 Å². The SMILES string of the molecule is COc1cncc(O[C@H]2CCCN(C(=O)[C@@H]3CC=CCC3)C2)n1. The van der Waals surface area contributed by atoms with E-state index in [2.05, 4.69) is 22.1 Å². The van der Waals surface area contributed by atoms with Gasteiger partial charge in [-0.2, -0.15) is 4.98 Å². The van der Waals surface area contributed by atoms with Crippen LogP contribution in [-0.4, -0.2) is 47.1 Å². The topological polar surface area (TPSA) is 64.6 Å². The van der Waals surface area contributed by atoms with Crippen LogP contribution in [0.15, 0.2) is 24.5 Å². The lowest BCUT2D eigenvalue weighted by molar-refractivity contribution is -0.138. The molecule has 6 nitrogen and oxygen atoms in total. The number of carbonyl (C=O) groups excluding carboxylic acids is 1. The van der Waals surface area contributed by atoms with Crippen molar-refractivity contribution >= 4 is 5.91 Å². The number of amides is 1. The zero-order valence-electron chi connectivity index (χ0n) is 13.5. The molecule has 1 aromatic heterocycles. The number of hydrogen-bond donors (Lipinski definition) is 0. The van der Waals surface area contributed by atoms with Crippen molar-refractivity contribution in [3.8, 4) is 11.8 Å². The Hall–Kier alpha value is -2.11. The second-order valence-corrected chi connectivity index (χ2v) is 6.05. The van der Waals surface area contributed by atoms with E-state index in [1.807, 2.05) is 4.90 Å². The van der Waals surface area contributed by atoms with Gasteiger partial charge in [-0.1, -0.05) is 12.2 Å². The van der Waals surface area contributed by atoms with Gasteiger partial charge in [0.05, 0.1) is 26.0 Å². The van der Waals surface area contributed by atoms with Gasteiger partial charge < -0.3 is 14.4 Å². The zero-order chi connectivity index (χ0) is 16.1. The smallest absolute Gasteiger partial charge is 0.235 e. The molecule has 1 amide bonds. The molecule has 1 fully saturated rings. The number of ether oxygens (including phenoxy) is 2. The summed E-state index contributed by atoms with van der Waals surface area (Å²) in [5.41, 5.74) is 0. The van der Waals surface area contributed by atoms with E-state index in [9.17, 15) is 4.79 Å². The summed E-state index contributed by atoms with van der Waals surface area (Å²) in [6.07, 6.45) is 12.1. The van der Waals surface area contributed by atoms with E-state index in [4.69, 9.17) is 9.47 Å². The lowest BCUT2D eigenvalue weighted by Gasteiger charge is -2.35. The molecule has 1 aromatic rings. The number of rotatable bonds is 4. The lowest BCUT2D eigenvalue weighted by Crippen LogP contribution is -2.46. The molecule has 23 heavy (non-hydrogen) atoms. The molecule has 0 radical (unpaired) electrons. The summed E-state index contributed by atoms with van der Waals surface area (Å²) >= 11 is 0. The minimum absolute atomic E-state index is 0.0340. The molecule has 124 valence electrons. The Morgan fingerprint density at radius 3 is 2.91 bits per heavy atom. The van der Waals surface area contributed by atoms with E-state index in [-0.39, 0.29) is 17.9 Å². The maximum Gasteiger partial charge on any atom is 0.235 e. The van der Waals surface area contributed by atoms with Crippen LogP contribution in [0.4, 0.5) is 0 Å². The van der Waals surface area contributed by atoms with Gasteiger partial charge in [0.1, 0.15) is 6.10 Å². The van der Waals surface area contributed by atoms with Crippen LogP contribution in [0.1, 0.15) is 32.1 Å².